The minimum Gasteiger partial charge on any atom is -0.468 e. The number of thioether (sulfide) groups is 1. The number of ether oxygens (including phenoxy) is 2. The van der Waals surface area contributed by atoms with Gasteiger partial charge >= 0.3 is 11.9 Å². The Labute approximate surface area is 161 Å². The van der Waals surface area contributed by atoms with Crippen LogP contribution in [0.2, 0.25) is 0 Å². The first kappa shape index (κ1) is 20.5. The predicted molar refractivity (Wildman–Crippen MR) is 99.3 cm³/mol. The number of carbonyl (C=O) groups excluding carboxylic acids is 3. The highest BCUT2D eigenvalue weighted by molar-refractivity contribution is 8.03. The molecule has 1 aromatic carbocycles. The fourth-order valence-corrected chi connectivity index (χ4v) is 3.63. The molecule has 0 spiro atoms. The minimum absolute atomic E-state index is 0.0574. The highest BCUT2D eigenvalue weighted by Gasteiger charge is 2.44. The zero-order valence-electron chi connectivity index (χ0n) is 15.3. The molecule has 1 aliphatic rings. The van der Waals surface area contributed by atoms with Crippen LogP contribution in [0.4, 0.5) is 0 Å². The molecule has 2 rings (SSSR count). The molecular formula is C19H20N2O5S. The zero-order valence-corrected chi connectivity index (χ0v) is 16.1. The first-order valence-corrected chi connectivity index (χ1v) is 9.29. The number of esters is 2. The summed E-state index contributed by atoms with van der Waals surface area (Å²) in [5.41, 5.74) is 1.87. The molecule has 0 fully saturated rings. The third-order valence-corrected chi connectivity index (χ3v) is 5.05. The van der Waals surface area contributed by atoms with Gasteiger partial charge in [0.1, 0.15) is 5.92 Å². The molecule has 1 heterocycles. The van der Waals surface area contributed by atoms with E-state index in [1.54, 1.807) is 19.1 Å². The summed E-state index contributed by atoms with van der Waals surface area (Å²) in [6.07, 6.45) is 0. The third kappa shape index (κ3) is 4.68. The molecule has 0 aliphatic carbocycles. The molecule has 1 aliphatic heterocycles. The number of benzene rings is 1. The van der Waals surface area contributed by atoms with Crippen molar-refractivity contribution in [3.63, 3.8) is 0 Å². The van der Waals surface area contributed by atoms with Gasteiger partial charge in [-0.1, -0.05) is 41.6 Å². The summed E-state index contributed by atoms with van der Waals surface area (Å²) < 4.78 is 9.66. The molecule has 1 N–H and O–H groups in total. The van der Waals surface area contributed by atoms with Gasteiger partial charge in [0.25, 0.3) is 0 Å². The smallest absolute Gasteiger partial charge is 0.319 e. The number of allylic oxidation sites excluding steroid dienone is 1. The van der Waals surface area contributed by atoms with Gasteiger partial charge < -0.3 is 14.8 Å². The molecule has 0 radical (unpaired) electrons. The summed E-state index contributed by atoms with van der Waals surface area (Å²) in [4.78, 5) is 36.5. The van der Waals surface area contributed by atoms with E-state index in [0.717, 1.165) is 17.3 Å². The van der Waals surface area contributed by atoms with Crippen molar-refractivity contribution in [3.8, 4) is 6.07 Å². The van der Waals surface area contributed by atoms with Crippen molar-refractivity contribution >= 4 is 29.6 Å². The largest absolute Gasteiger partial charge is 0.468 e. The van der Waals surface area contributed by atoms with Crippen molar-refractivity contribution in [2.24, 2.45) is 5.92 Å². The second-order valence-electron chi connectivity index (χ2n) is 5.83. The summed E-state index contributed by atoms with van der Waals surface area (Å²) in [6, 6.07) is 9.33. The molecule has 1 amide bonds. The van der Waals surface area contributed by atoms with Crippen LogP contribution in [0.1, 0.15) is 24.0 Å². The van der Waals surface area contributed by atoms with Crippen LogP contribution in [0.25, 0.3) is 0 Å². The van der Waals surface area contributed by atoms with Gasteiger partial charge in [0, 0.05) is 5.92 Å². The lowest BCUT2D eigenvalue weighted by molar-refractivity contribution is -0.150. The molecule has 0 unspecified atom stereocenters. The van der Waals surface area contributed by atoms with Crippen molar-refractivity contribution in [2.75, 3.05) is 19.5 Å². The second kappa shape index (κ2) is 9.24. The van der Waals surface area contributed by atoms with Gasteiger partial charge in [0.05, 0.1) is 36.1 Å². The maximum absolute atomic E-state index is 12.6. The monoisotopic (exact) mass is 388 g/mol. The molecule has 142 valence electrons. The number of hydrogen-bond donors (Lipinski definition) is 1. The lowest BCUT2D eigenvalue weighted by atomic mass is 9.78. The van der Waals surface area contributed by atoms with Crippen LogP contribution in [-0.2, 0) is 23.9 Å². The summed E-state index contributed by atoms with van der Waals surface area (Å²) in [6.45, 7) is 3.85. The lowest BCUT2D eigenvalue weighted by Gasteiger charge is -2.30. The van der Waals surface area contributed by atoms with Gasteiger partial charge in [-0.25, -0.2) is 0 Å². The van der Waals surface area contributed by atoms with E-state index in [2.05, 4.69) is 11.4 Å². The molecule has 8 heteroatoms. The van der Waals surface area contributed by atoms with E-state index in [4.69, 9.17) is 9.47 Å². The Morgan fingerprint density at radius 3 is 2.52 bits per heavy atom. The van der Waals surface area contributed by atoms with Crippen molar-refractivity contribution in [2.45, 2.75) is 19.8 Å². The zero-order chi connectivity index (χ0) is 20.0. The van der Waals surface area contributed by atoms with Crippen molar-refractivity contribution in [1.82, 2.24) is 5.32 Å². The number of nitriles is 1. The van der Waals surface area contributed by atoms with Gasteiger partial charge in [0.15, 0.2) is 0 Å². The van der Waals surface area contributed by atoms with Crippen LogP contribution in [0.15, 0.2) is 34.9 Å². The molecule has 0 aromatic heterocycles. The summed E-state index contributed by atoms with van der Waals surface area (Å²) in [5.74, 6) is -3.78. The normalized spacial score (nSPS) is 19.1. The van der Waals surface area contributed by atoms with Gasteiger partial charge in [-0.15, -0.1) is 0 Å². The second-order valence-corrected chi connectivity index (χ2v) is 6.81. The number of carbonyl (C=O) groups is 3. The van der Waals surface area contributed by atoms with Crippen molar-refractivity contribution in [3.05, 3.63) is 46.0 Å². The molecule has 2 atom stereocenters. The summed E-state index contributed by atoms with van der Waals surface area (Å²) in [7, 11) is 1.20. The molecule has 0 bridgehead atoms. The van der Waals surface area contributed by atoms with E-state index in [0.29, 0.717) is 5.56 Å². The van der Waals surface area contributed by atoms with Crippen LogP contribution in [0.3, 0.4) is 0 Å². The van der Waals surface area contributed by atoms with Gasteiger partial charge in [-0.05, 0) is 19.4 Å². The molecular weight excluding hydrogens is 368 g/mol. The lowest BCUT2D eigenvalue weighted by Crippen LogP contribution is -2.44. The maximum Gasteiger partial charge on any atom is 0.319 e. The molecule has 7 nitrogen and oxygen atoms in total. The van der Waals surface area contributed by atoms with Gasteiger partial charge in [-0.3, -0.25) is 14.4 Å². The quantitative estimate of drug-likeness (QED) is 0.587. The van der Waals surface area contributed by atoms with Crippen LogP contribution in [0, 0.1) is 24.2 Å². The van der Waals surface area contributed by atoms with E-state index in [-0.39, 0.29) is 23.0 Å². The maximum atomic E-state index is 12.6. The molecule has 0 saturated carbocycles. The number of hydrogen-bond acceptors (Lipinski definition) is 7. The van der Waals surface area contributed by atoms with Crippen LogP contribution in [-0.4, -0.2) is 37.3 Å². The van der Waals surface area contributed by atoms with Crippen LogP contribution >= 0.6 is 11.8 Å². The van der Waals surface area contributed by atoms with Crippen LogP contribution < -0.4 is 5.32 Å². The number of aryl methyl sites for hydroxylation is 1. The molecule has 1 aromatic rings. The summed E-state index contributed by atoms with van der Waals surface area (Å²) >= 11 is 1.00. The minimum atomic E-state index is -1.18. The number of nitrogens with one attached hydrogen (secondary N) is 1. The SMILES string of the molecule is CCOC(=O)CSC1=C(C#N)[C@@H](c2ccc(C)cc2)[C@@H](C(=O)OC)C(=O)N1. The topological polar surface area (TPSA) is 105 Å². The van der Waals surface area contributed by atoms with E-state index in [9.17, 15) is 19.6 Å². The average Bonchev–Trinajstić information content (AvgIpc) is 2.66. The highest BCUT2D eigenvalue weighted by Crippen LogP contribution is 2.40. The Balaban J connectivity index is 2.48. The fraction of sp³-hybridized carbons (Fsp3) is 0.368. The standard InChI is InChI=1S/C19H20N2O5S/c1-4-26-14(22)10-27-18-13(9-20)15(12-7-5-11(2)6-8-12)16(17(23)21-18)19(24)25-3/h5-8,15-16H,4,10H2,1-3H3,(H,21,23)/t15-,16-/m1/s1. The van der Waals surface area contributed by atoms with Crippen molar-refractivity contribution in [1.29, 1.82) is 5.26 Å². The van der Waals surface area contributed by atoms with E-state index in [1.165, 1.54) is 7.11 Å². The Bertz CT molecular complexity index is 810. The Morgan fingerprint density at radius 2 is 1.96 bits per heavy atom. The number of methoxy groups -OCH3 is 1. The van der Waals surface area contributed by atoms with Gasteiger partial charge in [-0.2, -0.15) is 5.26 Å². The van der Waals surface area contributed by atoms with E-state index in [1.807, 2.05) is 19.1 Å². The van der Waals surface area contributed by atoms with Crippen molar-refractivity contribution < 1.29 is 23.9 Å². The number of rotatable bonds is 6. The first-order chi connectivity index (χ1) is 12.9. The molecule has 27 heavy (non-hydrogen) atoms. The van der Waals surface area contributed by atoms with Gasteiger partial charge in [0.2, 0.25) is 5.91 Å². The average molecular weight is 388 g/mol. The van der Waals surface area contributed by atoms with E-state index < -0.39 is 29.7 Å². The Morgan fingerprint density at radius 1 is 1.30 bits per heavy atom. The molecule has 0 saturated heterocycles. The Hall–Kier alpha value is -2.79. The summed E-state index contributed by atoms with van der Waals surface area (Å²) in [5, 5.41) is 12.5. The first-order valence-electron chi connectivity index (χ1n) is 8.30. The van der Waals surface area contributed by atoms with Crippen LogP contribution in [0.5, 0.6) is 0 Å². The highest BCUT2D eigenvalue weighted by atomic mass is 32.2. The number of amides is 1. The number of nitrogens with zero attached hydrogens (tertiary/aromatic N) is 1. The fourth-order valence-electron chi connectivity index (χ4n) is 2.79. The third-order valence-electron chi connectivity index (χ3n) is 4.06. The van der Waals surface area contributed by atoms with E-state index >= 15 is 0 Å². The Kier molecular flexibility index (Phi) is 7.02. The predicted octanol–water partition coefficient (Wildman–Crippen LogP) is 2.03.